The molecule has 7 heteroatoms. The van der Waals surface area contributed by atoms with Gasteiger partial charge in [0.25, 0.3) is 0 Å². The average Bonchev–Trinajstić information content (AvgIpc) is 3.10. The lowest BCUT2D eigenvalue weighted by atomic mass is 10.1. The molecule has 4 nitrogen and oxygen atoms in total. The van der Waals surface area contributed by atoms with Crippen LogP contribution < -0.4 is 4.90 Å². The van der Waals surface area contributed by atoms with Gasteiger partial charge in [0.2, 0.25) is 0 Å². The summed E-state index contributed by atoms with van der Waals surface area (Å²) in [6, 6.07) is 13.3. The molecule has 0 bridgehead atoms. The molecule has 28 heavy (non-hydrogen) atoms. The van der Waals surface area contributed by atoms with Gasteiger partial charge in [0.15, 0.2) is 0 Å². The van der Waals surface area contributed by atoms with Gasteiger partial charge in [-0.2, -0.15) is 18.3 Å². The van der Waals surface area contributed by atoms with Crippen LogP contribution in [-0.2, 0) is 10.9 Å². The molecule has 2 heterocycles. The molecule has 0 aliphatic carbocycles. The molecule has 1 aliphatic heterocycles. The zero-order valence-electron chi connectivity index (χ0n) is 15.4. The molecular weight excluding hydrogens is 367 g/mol. The number of anilines is 1. The predicted molar refractivity (Wildman–Crippen MR) is 102 cm³/mol. The fourth-order valence-corrected chi connectivity index (χ4v) is 3.37. The molecule has 3 aromatic rings. The van der Waals surface area contributed by atoms with E-state index in [0.29, 0.717) is 5.69 Å². The van der Waals surface area contributed by atoms with E-state index in [0.717, 1.165) is 60.9 Å². The second-order valence-corrected chi connectivity index (χ2v) is 6.77. The highest BCUT2D eigenvalue weighted by Crippen LogP contribution is 2.31. The maximum Gasteiger partial charge on any atom is 0.416 e. The number of halogens is 3. The summed E-state index contributed by atoms with van der Waals surface area (Å²) < 4.78 is 45.8. The summed E-state index contributed by atoms with van der Waals surface area (Å²) in [5.41, 5.74) is 3.47. The highest BCUT2D eigenvalue weighted by Gasteiger charge is 2.30. The van der Waals surface area contributed by atoms with Gasteiger partial charge in [0.1, 0.15) is 0 Å². The van der Waals surface area contributed by atoms with Gasteiger partial charge in [-0.15, -0.1) is 0 Å². The van der Waals surface area contributed by atoms with E-state index in [1.807, 2.05) is 19.1 Å². The van der Waals surface area contributed by atoms with Crippen LogP contribution in [0.5, 0.6) is 0 Å². The Morgan fingerprint density at radius 2 is 1.68 bits per heavy atom. The van der Waals surface area contributed by atoms with E-state index < -0.39 is 11.7 Å². The molecule has 0 unspecified atom stereocenters. The molecule has 0 atom stereocenters. The number of benzene rings is 2. The van der Waals surface area contributed by atoms with Gasteiger partial charge in [-0.1, -0.05) is 18.2 Å². The summed E-state index contributed by atoms with van der Waals surface area (Å²) in [7, 11) is 0. The molecule has 0 N–H and O–H groups in total. The second-order valence-electron chi connectivity index (χ2n) is 6.77. The third-order valence-corrected chi connectivity index (χ3v) is 4.89. The van der Waals surface area contributed by atoms with Crippen LogP contribution in [0.1, 0.15) is 11.3 Å². The Morgan fingerprint density at radius 1 is 0.964 bits per heavy atom. The SMILES string of the molecule is Cc1nn(-c2cccc(C(F)(F)F)c2)cc1-c1ccc(N2CCOCC2)cc1. The number of hydrogen-bond donors (Lipinski definition) is 0. The highest BCUT2D eigenvalue weighted by atomic mass is 19.4. The van der Waals surface area contributed by atoms with Gasteiger partial charge >= 0.3 is 6.18 Å². The van der Waals surface area contributed by atoms with Gasteiger partial charge in [0.05, 0.1) is 30.2 Å². The molecule has 0 saturated carbocycles. The normalized spacial score (nSPS) is 15.1. The number of nitrogens with zero attached hydrogens (tertiary/aromatic N) is 3. The van der Waals surface area contributed by atoms with E-state index in [9.17, 15) is 13.2 Å². The first-order chi connectivity index (χ1) is 13.4. The van der Waals surface area contributed by atoms with Crippen molar-refractivity contribution in [1.29, 1.82) is 0 Å². The molecule has 1 aromatic heterocycles. The Morgan fingerprint density at radius 3 is 2.36 bits per heavy atom. The minimum atomic E-state index is -4.38. The van der Waals surface area contributed by atoms with Crippen molar-refractivity contribution in [2.75, 3.05) is 31.2 Å². The maximum absolute atomic E-state index is 13.0. The monoisotopic (exact) mass is 387 g/mol. The van der Waals surface area contributed by atoms with Crippen molar-refractivity contribution in [2.24, 2.45) is 0 Å². The summed E-state index contributed by atoms with van der Waals surface area (Å²) in [4.78, 5) is 2.27. The molecule has 0 radical (unpaired) electrons. The van der Waals surface area contributed by atoms with Crippen LogP contribution >= 0.6 is 0 Å². The van der Waals surface area contributed by atoms with E-state index in [4.69, 9.17) is 4.74 Å². The lowest BCUT2D eigenvalue weighted by Crippen LogP contribution is -2.36. The Balaban J connectivity index is 1.61. The van der Waals surface area contributed by atoms with Crippen LogP contribution in [0.4, 0.5) is 18.9 Å². The quantitative estimate of drug-likeness (QED) is 0.652. The van der Waals surface area contributed by atoms with Gasteiger partial charge in [-0.25, -0.2) is 4.68 Å². The molecule has 2 aromatic carbocycles. The summed E-state index contributed by atoms with van der Waals surface area (Å²) in [5, 5.41) is 4.42. The molecule has 146 valence electrons. The summed E-state index contributed by atoms with van der Waals surface area (Å²) >= 11 is 0. The van der Waals surface area contributed by atoms with Gasteiger partial charge in [-0.05, 0) is 42.8 Å². The number of hydrogen-bond acceptors (Lipinski definition) is 3. The van der Waals surface area contributed by atoms with E-state index in [1.165, 1.54) is 10.7 Å². The van der Waals surface area contributed by atoms with Gasteiger partial charge < -0.3 is 9.64 Å². The highest BCUT2D eigenvalue weighted by molar-refractivity contribution is 5.68. The van der Waals surface area contributed by atoms with Crippen molar-refractivity contribution in [3.8, 4) is 16.8 Å². The van der Waals surface area contributed by atoms with Crippen LogP contribution in [0.2, 0.25) is 0 Å². The van der Waals surface area contributed by atoms with Crippen molar-refractivity contribution in [3.63, 3.8) is 0 Å². The Hall–Kier alpha value is -2.80. The Labute approximate surface area is 161 Å². The number of ether oxygens (including phenoxy) is 1. The largest absolute Gasteiger partial charge is 0.416 e. The van der Waals surface area contributed by atoms with Crippen molar-refractivity contribution in [3.05, 3.63) is 66.0 Å². The molecular formula is C21H20F3N3O. The van der Waals surface area contributed by atoms with Crippen LogP contribution in [0.3, 0.4) is 0 Å². The summed E-state index contributed by atoms with van der Waals surface area (Å²) in [5.74, 6) is 0. The fraction of sp³-hybridized carbons (Fsp3) is 0.286. The molecule has 1 aliphatic rings. The summed E-state index contributed by atoms with van der Waals surface area (Å²) in [6.45, 7) is 5.04. The van der Waals surface area contributed by atoms with Gasteiger partial charge in [-0.3, -0.25) is 0 Å². The second kappa shape index (κ2) is 7.31. The zero-order chi connectivity index (χ0) is 19.7. The lowest BCUT2D eigenvalue weighted by molar-refractivity contribution is -0.137. The topological polar surface area (TPSA) is 30.3 Å². The molecule has 1 saturated heterocycles. The third-order valence-electron chi connectivity index (χ3n) is 4.89. The Kier molecular flexibility index (Phi) is 4.85. The first kappa shape index (κ1) is 18.6. The van der Waals surface area contributed by atoms with E-state index in [2.05, 4.69) is 22.1 Å². The third kappa shape index (κ3) is 3.75. The fourth-order valence-electron chi connectivity index (χ4n) is 3.37. The van der Waals surface area contributed by atoms with Crippen LogP contribution in [-0.4, -0.2) is 36.1 Å². The molecule has 0 spiro atoms. The van der Waals surface area contributed by atoms with Crippen LogP contribution in [0.25, 0.3) is 16.8 Å². The van der Waals surface area contributed by atoms with Crippen LogP contribution in [0, 0.1) is 6.92 Å². The standard InChI is InChI=1S/C21H20F3N3O/c1-15-20(16-5-7-18(8-6-16)26-9-11-28-12-10-26)14-27(25-15)19-4-2-3-17(13-19)21(22,23)24/h2-8,13-14H,9-12H2,1H3. The van der Waals surface area contributed by atoms with Crippen molar-refractivity contribution in [1.82, 2.24) is 9.78 Å². The Bertz CT molecular complexity index is 958. The molecule has 0 amide bonds. The first-order valence-corrected chi connectivity index (χ1v) is 9.09. The zero-order valence-corrected chi connectivity index (χ0v) is 15.4. The lowest BCUT2D eigenvalue weighted by Gasteiger charge is -2.28. The smallest absolute Gasteiger partial charge is 0.378 e. The number of rotatable bonds is 3. The summed E-state index contributed by atoms with van der Waals surface area (Å²) in [6.07, 6.45) is -2.61. The minimum absolute atomic E-state index is 0.383. The minimum Gasteiger partial charge on any atom is -0.378 e. The number of aromatic nitrogens is 2. The molecule has 1 fully saturated rings. The average molecular weight is 387 g/mol. The van der Waals surface area contributed by atoms with Crippen molar-refractivity contribution in [2.45, 2.75) is 13.1 Å². The molecule has 4 rings (SSSR count). The predicted octanol–water partition coefficient (Wildman–Crippen LogP) is 4.70. The van der Waals surface area contributed by atoms with E-state index in [-0.39, 0.29) is 0 Å². The number of morpholine rings is 1. The number of alkyl halides is 3. The van der Waals surface area contributed by atoms with Crippen molar-refractivity contribution >= 4 is 5.69 Å². The van der Waals surface area contributed by atoms with Crippen molar-refractivity contribution < 1.29 is 17.9 Å². The van der Waals surface area contributed by atoms with Gasteiger partial charge in [0, 0.05) is 30.5 Å². The van der Waals surface area contributed by atoms with Crippen LogP contribution in [0.15, 0.2) is 54.7 Å². The van der Waals surface area contributed by atoms with E-state index in [1.54, 1.807) is 12.3 Å². The first-order valence-electron chi connectivity index (χ1n) is 9.09. The maximum atomic E-state index is 13.0. The van der Waals surface area contributed by atoms with E-state index >= 15 is 0 Å². The number of aryl methyl sites for hydroxylation is 1.